The average molecular weight is 728 g/mol. The van der Waals surface area contributed by atoms with E-state index in [0.717, 1.165) is 25.5 Å². The van der Waals surface area contributed by atoms with Gasteiger partial charge < -0.3 is 10.2 Å². The maximum atomic E-state index is 14.4. The first kappa shape index (κ1) is 32.4. The second-order valence-corrected chi connectivity index (χ2v) is 13.7. The number of anilines is 1. The SMILES string of the molecule is CCNC(=O)[C@H](Cc1ccccc1)N(Cc1ccc(Br)cc1)C(=O)CN(c1cccc(Br)c1)S(=O)(=O)c1ccc(C)cc1. The van der Waals surface area contributed by atoms with Gasteiger partial charge in [0.15, 0.2) is 0 Å². The van der Waals surface area contributed by atoms with E-state index in [0.29, 0.717) is 16.7 Å². The van der Waals surface area contributed by atoms with E-state index in [1.54, 1.807) is 36.4 Å². The van der Waals surface area contributed by atoms with Crippen LogP contribution >= 0.6 is 31.9 Å². The molecule has 4 aromatic carbocycles. The Balaban J connectivity index is 1.79. The van der Waals surface area contributed by atoms with Crippen molar-refractivity contribution in [1.82, 2.24) is 10.2 Å². The van der Waals surface area contributed by atoms with Gasteiger partial charge in [0, 0.05) is 28.5 Å². The van der Waals surface area contributed by atoms with Crippen LogP contribution in [0.2, 0.25) is 0 Å². The monoisotopic (exact) mass is 725 g/mol. The van der Waals surface area contributed by atoms with Crippen LogP contribution in [0.25, 0.3) is 0 Å². The molecule has 1 N–H and O–H groups in total. The summed E-state index contributed by atoms with van der Waals surface area (Å²) >= 11 is 6.88. The molecule has 0 aliphatic carbocycles. The molecule has 0 saturated carbocycles. The number of amides is 2. The molecule has 43 heavy (non-hydrogen) atoms. The number of carbonyl (C=O) groups excluding carboxylic acids is 2. The predicted octanol–water partition coefficient (Wildman–Crippen LogP) is 6.49. The fourth-order valence-electron chi connectivity index (χ4n) is 4.63. The molecule has 0 spiro atoms. The zero-order valence-electron chi connectivity index (χ0n) is 23.9. The van der Waals surface area contributed by atoms with Crippen LogP contribution in [0.4, 0.5) is 5.69 Å². The standard InChI is InChI=1S/C33H33Br2N3O4S/c1-3-36-33(40)31(20-25-8-5-4-6-9-25)37(22-26-14-16-27(34)17-15-26)32(39)23-38(29-11-7-10-28(35)21-29)43(41,42)30-18-12-24(2)13-19-30/h4-19,21,31H,3,20,22-23H2,1-2H3,(H,36,40)/t31-/m0/s1. The summed E-state index contributed by atoms with van der Waals surface area (Å²) < 4.78 is 30.8. The molecule has 2 amide bonds. The average Bonchev–Trinajstić information content (AvgIpc) is 2.99. The van der Waals surface area contributed by atoms with Crippen LogP contribution in [0.1, 0.15) is 23.6 Å². The van der Waals surface area contributed by atoms with Crippen LogP contribution in [-0.4, -0.2) is 44.3 Å². The van der Waals surface area contributed by atoms with Crippen LogP contribution in [0, 0.1) is 6.92 Å². The van der Waals surface area contributed by atoms with Crippen LogP contribution < -0.4 is 9.62 Å². The molecule has 0 aliphatic heterocycles. The van der Waals surface area contributed by atoms with Crippen molar-refractivity contribution in [2.75, 3.05) is 17.4 Å². The first-order valence-corrected chi connectivity index (χ1v) is 16.8. The first-order valence-electron chi connectivity index (χ1n) is 13.8. The van der Waals surface area contributed by atoms with Gasteiger partial charge in [0.1, 0.15) is 12.6 Å². The number of halogens is 2. The molecule has 1 atom stereocenters. The molecule has 0 aliphatic rings. The van der Waals surface area contributed by atoms with Crippen molar-refractivity contribution in [2.24, 2.45) is 0 Å². The Morgan fingerprint density at radius 1 is 0.814 bits per heavy atom. The van der Waals surface area contributed by atoms with Gasteiger partial charge in [-0.3, -0.25) is 13.9 Å². The second-order valence-electron chi connectivity index (χ2n) is 10.1. The smallest absolute Gasteiger partial charge is 0.264 e. The van der Waals surface area contributed by atoms with Gasteiger partial charge in [0.2, 0.25) is 11.8 Å². The highest BCUT2D eigenvalue weighted by Gasteiger charge is 2.34. The van der Waals surface area contributed by atoms with Gasteiger partial charge in [0.05, 0.1) is 10.6 Å². The van der Waals surface area contributed by atoms with E-state index >= 15 is 0 Å². The summed E-state index contributed by atoms with van der Waals surface area (Å²) in [5.74, 6) is -0.821. The van der Waals surface area contributed by atoms with E-state index in [2.05, 4.69) is 37.2 Å². The molecule has 224 valence electrons. The lowest BCUT2D eigenvalue weighted by Crippen LogP contribution is -2.53. The van der Waals surface area contributed by atoms with Crippen molar-refractivity contribution in [2.45, 2.75) is 37.8 Å². The molecule has 0 saturated heterocycles. The van der Waals surface area contributed by atoms with E-state index in [1.165, 1.54) is 17.0 Å². The lowest BCUT2D eigenvalue weighted by Gasteiger charge is -2.34. The van der Waals surface area contributed by atoms with Gasteiger partial charge in [0.25, 0.3) is 10.0 Å². The number of likely N-dealkylation sites (N-methyl/N-ethyl adjacent to an activating group) is 1. The van der Waals surface area contributed by atoms with Gasteiger partial charge in [-0.15, -0.1) is 0 Å². The summed E-state index contributed by atoms with van der Waals surface area (Å²) in [5.41, 5.74) is 2.91. The highest BCUT2D eigenvalue weighted by Crippen LogP contribution is 2.27. The van der Waals surface area contributed by atoms with Gasteiger partial charge >= 0.3 is 0 Å². The number of hydrogen-bond acceptors (Lipinski definition) is 4. The molecule has 4 rings (SSSR count). The van der Waals surface area contributed by atoms with E-state index in [1.807, 2.05) is 68.4 Å². The van der Waals surface area contributed by atoms with Gasteiger partial charge in [-0.1, -0.05) is 98.1 Å². The number of rotatable bonds is 12. The summed E-state index contributed by atoms with van der Waals surface area (Å²) in [6.45, 7) is 3.68. The van der Waals surface area contributed by atoms with Gasteiger partial charge in [-0.25, -0.2) is 8.42 Å². The second kappa shape index (κ2) is 14.8. The quantitative estimate of drug-likeness (QED) is 0.181. The van der Waals surface area contributed by atoms with Crippen LogP contribution in [0.5, 0.6) is 0 Å². The van der Waals surface area contributed by atoms with E-state index in [-0.39, 0.29) is 23.8 Å². The number of nitrogens with one attached hydrogen (secondary N) is 1. The number of nitrogens with zero attached hydrogens (tertiary/aromatic N) is 2. The maximum Gasteiger partial charge on any atom is 0.264 e. The molecule has 0 bridgehead atoms. The largest absolute Gasteiger partial charge is 0.355 e. The minimum atomic E-state index is -4.15. The fourth-order valence-corrected chi connectivity index (χ4v) is 6.69. The van der Waals surface area contributed by atoms with E-state index in [9.17, 15) is 18.0 Å². The molecular weight excluding hydrogens is 694 g/mol. The number of sulfonamides is 1. The molecule has 7 nitrogen and oxygen atoms in total. The zero-order chi connectivity index (χ0) is 31.0. The lowest BCUT2D eigenvalue weighted by atomic mass is 10.0. The summed E-state index contributed by atoms with van der Waals surface area (Å²) in [4.78, 5) is 29.5. The van der Waals surface area contributed by atoms with Crippen LogP contribution in [0.3, 0.4) is 0 Å². The molecule has 0 aromatic heterocycles. The summed E-state index contributed by atoms with van der Waals surface area (Å²) in [6, 6.07) is 29.4. The van der Waals surface area contributed by atoms with Crippen molar-refractivity contribution < 1.29 is 18.0 Å². The van der Waals surface area contributed by atoms with Gasteiger partial charge in [-0.2, -0.15) is 0 Å². The lowest BCUT2D eigenvalue weighted by molar-refractivity contribution is -0.140. The van der Waals surface area contributed by atoms with Crippen molar-refractivity contribution in [3.63, 3.8) is 0 Å². The topological polar surface area (TPSA) is 86.8 Å². The Morgan fingerprint density at radius 2 is 1.49 bits per heavy atom. The normalized spacial score (nSPS) is 11.9. The summed E-state index contributed by atoms with van der Waals surface area (Å²) in [6.07, 6.45) is 0.260. The highest BCUT2D eigenvalue weighted by atomic mass is 79.9. The fraction of sp³-hybridized carbons (Fsp3) is 0.212. The van der Waals surface area contributed by atoms with Crippen LogP contribution in [0.15, 0.2) is 117 Å². The molecule has 0 unspecified atom stereocenters. The third-order valence-electron chi connectivity index (χ3n) is 6.87. The first-order chi connectivity index (χ1) is 20.6. The Kier molecular flexibility index (Phi) is 11.2. The van der Waals surface area contributed by atoms with E-state index < -0.39 is 28.5 Å². The minimum Gasteiger partial charge on any atom is -0.355 e. The number of hydrogen-bond donors (Lipinski definition) is 1. The van der Waals surface area contributed by atoms with Crippen molar-refractivity contribution in [3.8, 4) is 0 Å². The van der Waals surface area contributed by atoms with Gasteiger partial charge in [-0.05, 0) is 67.4 Å². The predicted molar refractivity (Wildman–Crippen MR) is 177 cm³/mol. The third-order valence-corrected chi connectivity index (χ3v) is 9.68. The van der Waals surface area contributed by atoms with Crippen molar-refractivity contribution >= 4 is 59.4 Å². The van der Waals surface area contributed by atoms with Crippen LogP contribution in [-0.2, 0) is 32.6 Å². The Bertz CT molecular complexity index is 1650. The van der Waals surface area contributed by atoms with Crippen molar-refractivity contribution in [1.29, 1.82) is 0 Å². The Hall–Kier alpha value is -3.47. The minimum absolute atomic E-state index is 0.0647. The molecule has 0 fully saturated rings. The zero-order valence-corrected chi connectivity index (χ0v) is 27.9. The third kappa shape index (κ3) is 8.55. The molecule has 4 aromatic rings. The molecular formula is C33H33Br2N3O4S. The van der Waals surface area contributed by atoms with E-state index in [4.69, 9.17) is 0 Å². The molecule has 0 radical (unpaired) electrons. The highest BCUT2D eigenvalue weighted by molar-refractivity contribution is 9.10. The molecule has 10 heteroatoms. The summed E-state index contributed by atoms with van der Waals surface area (Å²) in [5, 5.41) is 2.87. The number of carbonyl (C=O) groups is 2. The number of aryl methyl sites for hydroxylation is 1. The Labute approximate surface area is 270 Å². The van der Waals surface area contributed by atoms with Crippen molar-refractivity contribution in [3.05, 3.63) is 129 Å². The summed E-state index contributed by atoms with van der Waals surface area (Å²) in [7, 11) is -4.15. The number of benzene rings is 4. The molecule has 0 heterocycles. The Morgan fingerprint density at radius 3 is 2.12 bits per heavy atom. The maximum absolute atomic E-state index is 14.4.